The Bertz CT molecular complexity index is 1030. The molecule has 63 heavy (non-hydrogen) atoms. The van der Waals surface area contributed by atoms with Crippen molar-refractivity contribution in [3.63, 3.8) is 0 Å². The van der Waals surface area contributed by atoms with Crippen LogP contribution < -0.4 is 0 Å². The first-order valence-electron chi connectivity index (χ1n) is 23.5. The van der Waals surface area contributed by atoms with Crippen LogP contribution in [-0.4, -0.2) is 150 Å². The van der Waals surface area contributed by atoms with Crippen LogP contribution in [0, 0.1) is 0 Å². The molecule has 0 saturated carbocycles. The molecule has 0 heterocycles. The van der Waals surface area contributed by atoms with Crippen LogP contribution in [0.25, 0.3) is 0 Å². The van der Waals surface area contributed by atoms with Crippen LogP contribution in [-0.2, 0) is 76.7 Å². The molecular formula is C39H92O12P2S6Si4. The van der Waals surface area contributed by atoms with Gasteiger partial charge in [0.1, 0.15) is 0 Å². The summed E-state index contributed by atoms with van der Waals surface area (Å²) in [5.41, 5.74) is 0. The molecule has 0 radical (unpaired) electrons. The number of rotatable bonds is 45. The summed E-state index contributed by atoms with van der Waals surface area (Å²) in [5.74, 6) is 4.07. The molecule has 24 heteroatoms. The maximum atomic E-state index is 6.10. The summed E-state index contributed by atoms with van der Waals surface area (Å²) in [4.78, 5) is 0. The molecule has 0 N–H and O–H groups in total. The van der Waals surface area contributed by atoms with Crippen molar-refractivity contribution < 1.29 is 53.1 Å². The highest BCUT2D eigenvalue weighted by molar-refractivity contribution is 9.00. The van der Waals surface area contributed by atoms with Crippen molar-refractivity contribution in [2.75, 3.05) is 115 Å². The largest absolute Gasteiger partial charge is 0.500 e. The molecule has 0 aromatic heterocycles. The minimum absolute atomic E-state index is 0.622. The van der Waals surface area contributed by atoms with E-state index in [0.29, 0.717) is 79.3 Å². The Balaban J connectivity index is 0. The fourth-order valence-electron chi connectivity index (χ4n) is 6.28. The monoisotopic (exact) mass is 1120 g/mol. The summed E-state index contributed by atoms with van der Waals surface area (Å²) in [6, 6.07) is 3.40. The molecule has 0 saturated heterocycles. The zero-order valence-electron chi connectivity index (χ0n) is 41.9. The quantitative estimate of drug-likeness (QED) is 0.0327. The van der Waals surface area contributed by atoms with Crippen molar-refractivity contribution >= 4 is 113 Å². The van der Waals surface area contributed by atoms with E-state index < -0.39 is 44.1 Å². The molecular weight excluding hydrogens is 1030 g/mol. The van der Waals surface area contributed by atoms with Crippen molar-refractivity contribution in [2.24, 2.45) is 0 Å². The molecule has 382 valence electrons. The summed E-state index contributed by atoms with van der Waals surface area (Å²) in [6.45, 7) is 35.9. The second kappa shape index (κ2) is 41.7. The lowest BCUT2D eigenvalue weighted by molar-refractivity contribution is 0.0704. The van der Waals surface area contributed by atoms with Gasteiger partial charge < -0.3 is 53.1 Å². The maximum Gasteiger partial charge on any atom is 0.500 e. The van der Waals surface area contributed by atoms with Crippen LogP contribution in [0.3, 0.4) is 0 Å². The van der Waals surface area contributed by atoms with Gasteiger partial charge in [-0.15, -0.1) is 45.5 Å². The fourth-order valence-corrected chi connectivity index (χ4v) is 34.0. The molecule has 0 aliphatic rings. The Kier molecular flexibility index (Phi) is 45.1. The van der Waals surface area contributed by atoms with Crippen molar-refractivity contribution in [2.45, 2.75) is 140 Å². The van der Waals surface area contributed by atoms with Crippen molar-refractivity contribution in [1.82, 2.24) is 0 Å². The normalized spacial score (nSPS) is 13.1. The van der Waals surface area contributed by atoms with Gasteiger partial charge in [0, 0.05) is 103 Å². The Morgan fingerprint density at radius 1 is 0.317 bits per heavy atom. The minimum atomic E-state index is -2.56. The van der Waals surface area contributed by atoms with Crippen LogP contribution in [0.2, 0.25) is 24.2 Å². The summed E-state index contributed by atoms with van der Waals surface area (Å²) in [7, 11) is -10.2. The average molecular weight is 1120 g/mol. The van der Waals surface area contributed by atoms with Gasteiger partial charge in [0.15, 0.2) is 0 Å². The smallest absolute Gasteiger partial charge is 0.374 e. The Morgan fingerprint density at radius 2 is 0.492 bits per heavy atom. The molecule has 12 nitrogen and oxygen atoms in total. The van der Waals surface area contributed by atoms with Crippen LogP contribution in [0.1, 0.15) is 116 Å². The lowest BCUT2D eigenvalue weighted by Crippen LogP contribution is -2.46. The lowest BCUT2D eigenvalue weighted by Gasteiger charge is -2.29. The topological polar surface area (TPSA) is 111 Å². The summed E-state index contributed by atoms with van der Waals surface area (Å²) in [6.07, 6.45) is 5.06. The zero-order chi connectivity index (χ0) is 48.0. The van der Waals surface area contributed by atoms with Crippen molar-refractivity contribution in [1.29, 1.82) is 0 Å². The SMILES string of the molecule is CCO[Si](CCCSP(=S)(CC)SCCC[Si](OCC)(OCC)OCC)(OCC)OCC.CCO[Si](CCCSP(C)(=S)SCCC[Si](OCC)(OCC)OCC)(OCC)OCC. The highest BCUT2D eigenvalue weighted by Gasteiger charge is 2.42. The predicted molar refractivity (Wildman–Crippen MR) is 295 cm³/mol. The first-order chi connectivity index (χ1) is 30.1. The van der Waals surface area contributed by atoms with E-state index in [-0.39, 0.29) is 0 Å². The first kappa shape index (κ1) is 68.2. The van der Waals surface area contributed by atoms with E-state index in [1.807, 2.05) is 129 Å². The van der Waals surface area contributed by atoms with Gasteiger partial charge in [0.2, 0.25) is 0 Å². The molecule has 0 atom stereocenters. The van der Waals surface area contributed by atoms with Crippen LogP contribution >= 0.6 is 54.4 Å². The zero-order valence-corrected chi connectivity index (χ0v) is 52.6. The Hall–Kier alpha value is 3.09. The van der Waals surface area contributed by atoms with E-state index in [4.69, 9.17) is 76.7 Å². The van der Waals surface area contributed by atoms with Crippen LogP contribution in [0.5, 0.6) is 0 Å². The third kappa shape index (κ3) is 31.9. The van der Waals surface area contributed by atoms with Gasteiger partial charge in [-0.25, -0.2) is 0 Å². The maximum absolute atomic E-state index is 6.10. The van der Waals surface area contributed by atoms with Gasteiger partial charge in [-0.3, -0.25) is 0 Å². The molecule has 0 aromatic rings. The molecule has 0 aliphatic heterocycles. The highest BCUT2D eigenvalue weighted by atomic mass is 33.2. The average Bonchev–Trinajstić information content (AvgIpc) is 3.23. The molecule has 0 amide bonds. The molecule has 0 aromatic carbocycles. The van der Waals surface area contributed by atoms with Gasteiger partial charge in [-0.05, 0) is 145 Å². The Morgan fingerprint density at radius 3 is 0.651 bits per heavy atom. The Labute approximate surface area is 418 Å². The summed E-state index contributed by atoms with van der Waals surface area (Å²) >= 11 is 19.8. The van der Waals surface area contributed by atoms with Crippen LogP contribution in [0.15, 0.2) is 0 Å². The minimum Gasteiger partial charge on any atom is -0.374 e. The fraction of sp³-hybridized carbons (Fsp3) is 1.00. The van der Waals surface area contributed by atoms with Crippen molar-refractivity contribution in [3.8, 4) is 0 Å². The van der Waals surface area contributed by atoms with E-state index in [0.717, 1.165) is 79.0 Å². The standard InChI is InChI=1S/C20H47O6PS3Si2.C19H45O6PS3Si2/c1-8-21-31(22-9-2,23-10-3)19-15-17-29-27(28,14-7)30-18-16-20-32(24-11-4,25-12-5)26-13-6;1-8-20-30(21-9-2,22-10-3)18-14-16-28-26(7,27)29-17-15-19-31(23-11-4,24-12-5)25-13-6/h8-20H2,1-7H3;8-19H2,1-7H3. The molecule has 0 spiro atoms. The lowest BCUT2D eigenvalue weighted by atomic mass is 10.6. The van der Waals surface area contributed by atoms with E-state index in [1.165, 1.54) is 0 Å². The van der Waals surface area contributed by atoms with Gasteiger partial charge in [-0.2, -0.15) is 0 Å². The van der Waals surface area contributed by atoms with Gasteiger partial charge in [0.05, 0.1) is 8.88 Å². The molecule has 0 aliphatic carbocycles. The first-order valence-corrected chi connectivity index (χ1v) is 43.9. The van der Waals surface area contributed by atoms with E-state index in [9.17, 15) is 0 Å². The summed E-state index contributed by atoms with van der Waals surface area (Å²) in [5, 5.41) is 0. The molecule has 0 unspecified atom stereocenters. The summed E-state index contributed by atoms with van der Waals surface area (Å²) < 4.78 is 68.5. The van der Waals surface area contributed by atoms with Crippen molar-refractivity contribution in [3.05, 3.63) is 0 Å². The second-order valence-corrected chi connectivity index (χ2v) is 49.8. The van der Waals surface area contributed by atoms with Crippen LogP contribution in [0.4, 0.5) is 0 Å². The van der Waals surface area contributed by atoms with Gasteiger partial charge in [0.25, 0.3) is 0 Å². The van der Waals surface area contributed by atoms with E-state index in [2.05, 4.69) is 13.6 Å². The highest BCUT2D eigenvalue weighted by Crippen LogP contribution is 2.69. The molecule has 0 rings (SSSR count). The predicted octanol–water partition coefficient (Wildman–Crippen LogP) is 12.9. The number of hydrogen-bond donors (Lipinski definition) is 0. The molecule has 0 fully saturated rings. The third-order valence-electron chi connectivity index (χ3n) is 8.50. The second-order valence-electron chi connectivity index (χ2n) is 13.4. The third-order valence-corrected chi connectivity index (χ3v) is 42.8. The van der Waals surface area contributed by atoms with Gasteiger partial charge in [-0.1, -0.05) is 30.5 Å². The molecule has 0 bridgehead atoms. The van der Waals surface area contributed by atoms with Gasteiger partial charge >= 0.3 is 35.2 Å². The van der Waals surface area contributed by atoms with E-state index >= 15 is 0 Å². The van der Waals surface area contributed by atoms with E-state index in [1.54, 1.807) is 0 Å². The number of hydrogen-bond acceptors (Lipinski definition) is 18.